The maximum atomic E-state index is 3.83. The van der Waals surface area contributed by atoms with Crippen LogP contribution in [0.2, 0.25) is 0 Å². The van der Waals surface area contributed by atoms with Crippen LogP contribution in [0.25, 0.3) is 0 Å². The lowest BCUT2D eigenvalue weighted by atomic mass is 9.67. The highest BCUT2D eigenvalue weighted by molar-refractivity contribution is 4.95. The molecule has 0 bridgehead atoms. The summed E-state index contributed by atoms with van der Waals surface area (Å²) in [5.41, 5.74) is 0.463. The van der Waals surface area contributed by atoms with E-state index >= 15 is 0 Å². The largest absolute Gasteiger partial charge is 0.313 e. The minimum Gasteiger partial charge on any atom is -0.313 e. The Kier molecular flexibility index (Phi) is 6.55. The Balaban J connectivity index is 1.99. The normalized spacial score (nSPS) is 30.7. The molecule has 124 valence electrons. The summed E-state index contributed by atoms with van der Waals surface area (Å²) in [6.07, 6.45) is 11.5. The standard InChI is InChI=1S/C19H38N2/c1-5-20-18-16(11-10-14-19(18,3)4)15-21(6-2)17-12-8-7-9-13-17/h16-18,20H,5-15H2,1-4H3. The second-order valence-corrected chi connectivity index (χ2v) is 8.06. The van der Waals surface area contributed by atoms with Gasteiger partial charge in [0.1, 0.15) is 0 Å². The zero-order valence-electron chi connectivity index (χ0n) is 15.0. The van der Waals surface area contributed by atoms with E-state index in [1.54, 1.807) is 0 Å². The van der Waals surface area contributed by atoms with Crippen molar-refractivity contribution in [3.63, 3.8) is 0 Å². The Morgan fingerprint density at radius 1 is 1.00 bits per heavy atom. The molecule has 0 saturated heterocycles. The molecule has 2 aliphatic rings. The first-order valence-electron chi connectivity index (χ1n) is 9.56. The van der Waals surface area contributed by atoms with Gasteiger partial charge in [0, 0.05) is 18.6 Å². The van der Waals surface area contributed by atoms with Crippen LogP contribution < -0.4 is 5.32 Å². The summed E-state index contributed by atoms with van der Waals surface area (Å²) in [5, 5.41) is 3.83. The smallest absolute Gasteiger partial charge is 0.0159 e. The molecule has 21 heavy (non-hydrogen) atoms. The second kappa shape index (κ2) is 7.97. The maximum Gasteiger partial charge on any atom is 0.0159 e. The molecule has 0 aromatic carbocycles. The number of nitrogens with zero attached hydrogens (tertiary/aromatic N) is 1. The van der Waals surface area contributed by atoms with E-state index in [9.17, 15) is 0 Å². The van der Waals surface area contributed by atoms with E-state index in [0.29, 0.717) is 11.5 Å². The van der Waals surface area contributed by atoms with E-state index in [0.717, 1.165) is 18.5 Å². The fourth-order valence-corrected chi connectivity index (χ4v) is 4.92. The third-order valence-electron chi connectivity index (χ3n) is 6.10. The molecular weight excluding hydrogens is 256 g/mol. The highest BCUT2D eigenvalue weighted by Crippen LogP contribution is 2.39. The van der Waals surface area contributed by atoms with Gasteiger partial charge in [-0.1, -0.05) is 53.4 Å². The number of rotatable bonds is 6. The predicted octanol–water partition coefficient (Wildman–Crippen LogP) is 4.45. The molecule has 0 aliphatic heterocycles. The summed E-state index contributed by atoms with van der Waals surface area (Å²) >= 11 is 0. The molecule has 2 atom stereocenters. The minimum atomic E-state index is 0.463. The lowest BCUT2D eigenvalue weighted by Crippen LogP contribution is -2.54. The fourth-order valence-electron chi connectivity index (χ4n) is 4.92. The number of hydrogen-bond acceptors (Lipinski definition) is 2. The van der Waals surface area contributed by atoms with Gasteiger partial charge in [-0.2, -0.15) is 0 Å². The summed E-state index contributed by atoms with van der Waals surface area (Å²) in [6, 6.07) is 1.57. The van der Waals surface area contributed by atoms with Crippen molar-refractivity contribution in [3.8, 4) is 0 Å². The molecule has 2 aliphatic carbocycles. The van der Waals surface area contributed by atoms with Crippen LogP contribution in [-0.4, -0.2) is 36.6 Å². The van der Waals surface area contributed by atoms with Crippen molar-refractivity contribution in [1.82, 2.24) is 10.2 Å². The van der Waals surface area contributed by atoms with Gasteiger partial charge in [0.15, 0.2) is 0 Å². The zero-order chi connectivity index (χ0) is 15.3. The monoisotopic (exact) mass is 294 g/mol. The molecule has 2 saturated carbocycles. The summed E-state index contributed by atoms with van der Waals surface area (Å²) in [5.74, 6) is 0.843. The van der Waals surface area contributed by atoms with Crippen molar-refractivity contribution in [2.45, 2.75) is 91.1 Å². The molecule has 0 radical (unpaired) electrons. The van der Waals surface area contributed by atoms with Gasteiger partial charge < -0.3 is 10.2 Å². The van der Waals surface area contributed by atoms with Gasteiger partial charge in [0.2, 0.25) is 0 Å². The Morgan fingerprint density at radius 3 is 2.33 bits per heavy atom. The number of hydrogen-bond donors (Lipinski definition) is 1. The van der Waals surface area contributed by atoms with E-state index in [4.69, 9.17) is 0 Å². The van der Waals surface area contributed by atoms with Crippen molar-refractivity contribution < 1.29 is 0 Å². The summed E-state index contributed by atoms with van der Waals surface area (Å²) in [4.78, 5) is 2.82. The van der Waals surface area contributed by atoms with Gasteiger partial charge in [-0.25, -0.2) is 0 Å². The van der Waals surface area contributed by atoms with Crippen molar-refractivity contribution >= 4 is 0 Å². The third-order valence-corrected chi connectivity index (χ3v) is 6.10. The zero-order valence-corrected chi connectivity index (χ0v) is 15.0. The van der Waals surface area contributed by atoms with Crippen LogP contribution in [0.15, 0.2) is 0 Å². The molecule has 0 heterocycles. The second-order valence-electron chi connectivity index (χ2n) is 8.06. The van der Waals surface area contributed by atoms with E-state index in [1.807, 2.05) is 0 Å². The summed E-state index contributed by atoms with van der Waals surface area (Å²) in [7, 11) is 0. The van der Waals surface area contributed by atoms with Gasteiger partial charge in [0.25, 0.3) is 0 Å². The van der Waals surface area contributed by atoms with Gasteiger partial charge in [-0.3, -0.25) is 0 Å². The van der Waals surface area contributed by atoms with Crippen LogP contribution in [0.5, 0.6) is 0 Å². The van der Waals surface area contributed by atoms with Crippen molar-refractivity contribution in [2.24, 2.45) is 11.3 Å². The Labute approximate surface area is 133 Å². The Morgan fingerprint density at radius 2 is 1.71 bits per heavy atom. The molecule has 2 heteroatoms. The molecular formula is C19H38N2. The molecule has 0 spiro atoms. The summed E-state index contributed by atoms with van der Waals surface area (Å²) < 4.78 is 0. The highest BCUT2D eigenvalue weighted by Gasteiger charge is 2.39. The van der Waals surface area contributed by atoms with Gasteiger partial charge >= 0.3 is 0 Å². The third kappa shape index (κ3) is 4.45. The SMILES string of the molecule is CCNC1C(CN(CC)C2CCCCC2)CCCC1(C)C. The lowest BCUT2D eigenvalue weighted by Gasteiger charge is -2.47. The quantitative estimate of drug-likeness (QED) is 0.779. The highest BCUT2D eigenvalue weighted by atomic mass is 15.2. The van der Waals surface area contributed by atoms with E-state index in [-0.39, 0.29) is 0 Å². The van der Waals surface area contributed by atoms with Crippen LogP contribution in [0.4, 0.5) is 0 Å². The van der Waals surface area contributed by atoms with Crippen LogP contribution in [0.1, 0.15) is 79.1 Å². The molecule has 2 nitrogen and oxygen atoms in total. The first-order valence-corrected chi connectivity index (χ1v) is 9.56. The Hall–Kier alpha value is -0.0800. The van der Waals surface area contributed by atoms with Crippen molar-refractivity contribution in [3.05, 3.63) is 0 Å². The predicted molar refractivity (Wildman–Crippen MR) is 92.7 cm³/mol. The maximum absolute atomic E-state index is 3.83. The average molecular weight is 295 g/mol. The van der Waals surface area contributed by atoms with Crippen LogP contribution in [0, 0.1) is 11.3 Å². The topological polar surface area (TPSA) is 15.3 Å². The first kappa shape index (κ1) is 17.3. The molecule has 1 N–H and O–H groups in total. The van der Waals surface area contributed by atoms with E-state index in [1.165, 1.54) is 64.5 Å². The van der Waals surface area contributed by atoms with Crippen molar-refractivity contribution in [2.75, 3.05) is 19.6 Å². The average Bonchev–Trinajstić information content (AvgIpc) is 2.48. The molecule has 0 aromatic heterocycles. The van der Waals surface area contributed by atoms with Gasteiger partial charge in [-0.15, -0.1) is 0 Å². The first-order chi connectivity index (χ1) is 10.1. The van der Waals surface area contributed by atoms with Crippen LogP contribution in [0.3, 0.4) is 0 Å². The Bertz CT molecular complexity index is 294. The van der Waals surface area contributed by atoms with E-state index < -0.39 is 0 Å². The molecule has 2 fully saturated rings. The number of nitrogens with one attached hydrogen (secondary N) is 1. The van der Waals surface area contributed by atoms with Crippen LogP contribution in [-0.2, 0) is 0 Å². The van der Waals surface area contributed by atoms with Crippen molar-refractivity contribution in [1.29, 1.82) is 0 Å². The van der Waals surface area contributed by atoms with Crippen LogP contribution >= 0.6 is 0 Å². The lowest BCUT2D eigenvalue weighted by molar-refractivity contribution is 0.0594. The molecule has 0 amide bonds. The molecule has 2 unspecified atom stereocenters. The van der Waals surface area contributed by atoms with E-state index in [2.05, 4.69) is 37.9 Å². The molecule has 2 rings (SSSR count). The fraction of sp³-hybridized carbons (Fsp3) is 1.00. The van der Waals surface area contributed by atoms with Gasteiger partial charge in [-0.05, 0) is 50.1 Å². The molecule has 0 aromatic rings. The summed E-state index contributed by atoms with van der Waals surface area (Å²) in [6.45, 7) is 13.3. The van der Waals surface area contributed by atoms with Gasteiger partial charge in [0.05, 0.1) is 0 Å². The minimum absolute atomic E-state index is 0.463.